The van der Waals surface area contributed by atoms with Crippen molar-refractivity contribution in [2.75, 3.05) is 6.61 Å². The number of nitrogens with one attached hydrogen (secondary N) is 1. The zero-order valence-corrected chi connectivity index (χ0v) is 13.9. The van der Waals surface area contributed by atoms with Crippen molar-refractivity contribution in [1.82, 2.24) is 14.9 Å². The van der Waals surface area contributed by atoms with Crippen molar-refractivity contribution in [3.63, 3.8) is 0 Å². The standard InChI is InChI=1S/C16H22N4OS/c1-3-5-6-10-21-14-9-7-8-13(11-14)12-17-20-15(4-2)18-19-16(20)22/h7-9,11-12H,3-6,10H2,1-2H3,(H,19,22)/b17-12+. The lowest BCUT2D eigenvalue weighted by Crippen LogP contribution is -1.99. The normalized spacial score (nSPS) is 11.2. The van der Waals surface area contributed by atoms with Gasteiger partial charge in [0.15, 0.2) is 5.82 Å². The maximum Gasteiger partial charge on any atom is 0.216 e. The molecule has 1 N–H and O–H groups in total. The maximum absolute atomic E-state index is 5.75. The second-order valence-corrected chi connectivity index (χ2v) is 5.37. The van der Waals surface area contributed by atoms with Crippen LogP contribution in [0.5, 0.6) is 5.75 Å². The van der Waals surface area contributed by atoms with Gasteiger partial charge in [-0.05, 0) is 36.3 Å². The summed E-state index contributed by atoms with van der Waals surface area (Å²) >= 11 is 5.17. The monoisotopic (exact) mass is 318 g/mol. The highest BCUT2D eigenvalue weighted by atomic mass is 32.1. The molecular formula is C16H22N4OS. The highest BCUT2D eigenvalue weighted by molar-refractivity contribution is 7.71. The molecule has 1 aromatic carbocycles. The van der Waals surface area contributed by atoms with Crippen LogP contribution in [0.2, 0.25) is 0 Å². The second kappa shape index (κ2) is 8.48. The molecule has 0 atom stereocenters. The first-order chi connectivity index (χ1) is 10.7. The van der Waals surface area contributed by atoms with Crippen LogP contribution in [0.4, 0.5) is 0 Å². The lowest BCUT2D eigenvalue weighted by Gasteiger charge is -2.06. The molecule has 118 valence electrons. The Morgan fingerprint density at radius 1 is 1.36 bits per heavy atom. The van der Waals surface area contributed by atoms with E-state index in [1.54, 1.807) is 10.9 Å². The van der Waals surface area contributed by atoms with Gasteiger partial charge in [0.1, 0.15) is 5.75 Å². The zero-order valence-electron chi connectivity index (χ0n) is 13.1. The van der Waals surface area contributed by atoms with Crippen LogP contribution in [-0.2, 0) is 6.42 Å². The molecule has 1 aromatic heterocycles. The SMILES string of the molecule is CCCCCOc1cccc(/C=N/n2c(CC)n[nH]c2=S)c1. The van der Waals surface area contributed by atoms with Gasteiger partial charge in [0, 0.05) is 6.42 Å². The van der Waals surface area contributed by atoms with Crippen LogP contribution in [0.25, 0.3) is 0 Å². The van der Waals surface area contributed by atoms with Crippen LogP contribution in [0.3, 0.4) is 0 Å². The predicted octanol–water partition coefficient (Wildman–Crippen LogP) is 3.95. The molecule has 0 unspecified atom stereocenters. The Morgan fingerprint density at radius 3 is 3.00 bits per heavy atom. The molecule has 0 fully saturated rings. The summed E-state index contributed by atoms with van der Waals surface area (Å²) in [6, 6.07) is 7.89. The Labute approximate surface area is 136 Å². The van der Waals surface area contributed by atoms with E-state index < -0.39 is 0 Å². The van der Waals surface area contributed by atoms with Crippen LogP contribution in [0, 0.1) is 4.77 Å². The van der Waals surface area contributed by atoms with Crippen LogP contribution in [0.1, 0.15) is 44.5 Å². The molecule has 0 saturated carbocycles. The highest BCUT2D eigenvalue weighted by Gasteiger charge is 2.01. The van der Waals surface area contributed by atoms with Gasteiger partial charge in [-0.25, -0.2) is 0 Å². The molecule has 2 aromatic rings. The van der Waals surface area contributed by atoms with E-state index in [1.807, 2.05) is 31.2 Å². The molecule has 1 heterocycles. The third kappa shape index (κ3) is 4.53. The molecule has 0 saturated heterocycles. The van der Waals surface area contributed by atoms with Crippen LogP contribution < -0.4 is 4.74 Å². The maximum atomic E-state index is 5.75. The number of aromatic nitrogens is 3. The zero-order chi connectivity index (χ0) is 15.8. The Kier molecular flexibility index (Phi) is 6.33. The smallest absolute Gasteiger partial charge is 0.216 e. The minimum Gasteiger partial charge on any atom is -0.494 e. The highest BCUT2D eigenvalue weighted by Crippen LogP contribution is 2.13. The summed E-state index contributed by atoms with van der Waals surface area (Å²) in [4.78, 5) is 0. The average molecular weight is 318 g/mol. The average Bonchev–Trinajstić information content (AvgIpc) is 2.90. The van der Waals surface area contributed by atoms with Crippen LogP contribution >= 0.6 is 12.2 Å². The summed E-state index contributed by atoms with van der Waals surface area (Å²) in [6.45, 7) is 4.95. The number of ether oxygens (including phenoxy) is 1. The fourth-order valence-electron chi connectivity index (χ4n) is 2.02. The minimum atomic E-state index is 0.500. The fourth-order valence-corrected chi connectivity index (χ4v) is 2.22. The van der Waals surface area contributed by atoms with Crippen molar-refractivity contribution in [3.8, 4) is 5.75 Å². The van der Waals surface area contributed by atoms with E-state index in [1.165, 1.54) is 12.8 Å². The van der Waals surface area contributed by atoms with E-state index in [0.717, 1.165) is 36.6 Å². The number of aromatic amines is 1. The van der Waals surface area contributed by atoms with Crippen molar-refractivity contribution in [2.45, 2.75) is 39.5 Å². The fraction of sp³-hybridized carbons (Fsp3) is 0.438. The first-order valence-corrected chi connectivity index (χ1v) is 8.09. The molecule has 2 rings (SSSR count). The number of aryl methyl sites for hydroxylation is 1. The van der Waals surface area contributed by atoms with Crippen LogP contribution in [-0.4, -0.2) is 27.7 Å². The summed E-state index contributed by atoms with van der Waals surface area (Å²) in [5.74, 6) is 1.68. The molecule has 6 heteroatoms. The van der Waals surface area contributed by atoms with Crippen molar-refractivity contribution in [1.29, 1.82) is 0 Å². The second-order valence-electron chi connectivity index (χ2n) is 4.98. The molecule has 0 amide bonds. The van der Waals surface area contributed by atoms with E-state index in [4.69, 9.17) is 17.0 Å². The van der Waals surface area contributed by atoms with Gasteiger partial charge in [0.25, 0.3) is 0 Å². The summed E-state index contributed by atoms with van der Waals surface area (Å²) in [6.07, 6.45) is 6.01. The number of unbranched alkanes of at least 4 members (excludes halogenated alkanes) is 2. The van der Waals surface area contributed by atoms with Gasteiger partial charge in [-0.2, -0.15) is 14.9 Å². The quantitative estimate of drug-likeness (QED) is 0.455. The van der Waals surface area contributed by atoms with Crippen molar-refractivity contribution < 1.29 is 4.74 Å². The number of nitrogens with zero attached hydrogens (tertiary/aromatic N) is 3. The minimum absolute atomic E-state index is 0.500. The molecule has 0 bridgehead atoms. The number of rotatable bonds is 8. The molecule has 5 nitrogen and oxygen atoms in total. The molecule has 0 aliphatic carbocycles. The van der Waals surface area contributed by atoms with E-state index in [2.05, 4.69) is 22.2 Å². The lowest BCUT2D eigenvalue weighted by atomic mass is 10.2. The van der Waals surface area contributed by atoms with Gasteiger partial charge < -0.3 is 4.74 Å². The van der Waals surface area contributed by atoms with E-state index in [0.29, 0.717) is 4.77 Å². The number of hydrogen-bond acceptors (Lipinski definition) is 4. The first kappa shape index (κ1) is 16.4. The van der Waals surface area contributed by atoms with Crippen molar-refractivity contribution >= 4 is 18.4 Å². The topological polar surface area (TPSA) is 55.2 Å². The van der Waals surface area contributed by atoms with Crippen LogP contribution in [0.15, 0.2) is 29.4 Å². The van der Waals surface area contributed by atoms with Gasteiger partial charge in [-0.3, -0.25) is 5.10 Å². The van der Waals surface area contributed by atoms with E-state index in [-0.39, 0.29) is 0 Å². The third-order valence-electron chi connectivity index (χ3n) is 3.23. The van der Waals surface area contributed by atoms with Gasteiger partial charge in [-0.15, -0.1) is 0 Å². The van der Waals surface area contributed by atoms with Crippen molar-refractivity contribution in [2.24, 2.45) is 5.10 Å². The van der Waals surface area contributed by atoms with Gasteiger partial charge >= 0.3 is 0 Å². The predicted molar refractivity (Wildman–Crippen MR) is 91.2 cm³/mol. The van der Waals surface area contributed by atoms with Gasteiger partial charge in [-0.1, -0.05) is 38.8 Å². The molecule has 22 heavy (non-hydrogen) atoms. The summed E-state index contributed by atoms with van der Waals surface area (Å²) in [7, 11) is 0. The molecular weight excluding hydrogens is 296 g/mol. The Hall–Kier alpha value is -1.95. The summed E-state index contributed by atoms with van der Waals surface area (Å²) in [5.41, 5.74) is 0.971. The Balaban J connectivity index is 2.05. The number of H-pyrrole nitrogens is 1. The first-order valence-electron chi connectivity index (χ1n) is 7.68. The summed E-state index contributed by atoms with van der Waals surface area (Å²) < 4.78 is 7.89. The molecule has 0 spiro atoms. The largest absolute Gasteiger partial charge is 0.494 e. The number of hydrogen-bond donors (Lipinski definition) is 1. The molecule has 0 aliphatic rings. The Morgan fingerprint density at radius 2 is 2.23 bits per heavy atom. The summed E-state index contributed by atoms with van der Waals surface area (Å²) in [5, 5.41) is 11.3. The third-order valence-corrected chi connectivity index (χ3v) is 3.49. The van der Waals surface area contributed by atoms with E-state index >= 15 is 0 Å². The lowest BCUT2D eigenvalue weighted by molar-refractivity contribution is 0.306. The molecule has 0 radical (unpaired) electrons. The number of benzene rings is 1. The Bertz CT molecular complexity index is 675. The van der Waals surface area contributed by atoms with Gasteiger partial charge in [0.2, 0.25) is 4.77 Å². The van der Waals surface area contributed by atoms with Crippen molar-refractivity contribution in [3.05, 3.63) is 40.4 Å². The molecule has 0 aliphatic heterocycles. The van der Waals surface area contributed by atoms with Gasteiger partial charge in [0.05, 0.1) is 12.8 Å². The van der Waals surface area contributed by atoms with E-state index in [9.17, 15) is 0 Å².